The van der Waals surface area contributed by atoms with Crippen LogP contribution in [0.2, 0.25) is 0 Å². The van der Waals surface area contributed by atoms with Crippen molar-refractivity contribution < 1.29 is 13.3 Å². The van der Waals surface area contributed by atoms with E-state index in [1.807, 2.05) is 54.6 Å². The minimum absolute atomic E-state index is 0.627. The highest BCUT2D eigenvalue weighted by molar-refractivity contribution is 6.34. The lowest BCUT2D eigenvalue weighted by Crippen LogP contribution is -2.03. The fourth-order valence-electron chi connectivity index (χ4n) is 21.6. The van der Waals surface area contributed by atoms with Crippen molar-refractivity contribution in [2.24, 2.45) is 0 Å². The van der Waals surface area contributed by atoms with Crippen molar-refractivity contribution in [2.45, 2.75) is 0 Å². The van der Waals surface area contributed by atoms with Crippen LogP contribution in [0.3, 0.4) is 0 Å². The molecule has 0 fully saturated rings. The highest BCUT2D eigenvalue weighted by atomic mass is 16.3. The van der Waals surface area contributed by atoms with Crippen LogP contribution in [0, 0.1) is 0 Å². The van der Waals surface area contributed by atoms with E-state index < -0.39 is 0 Å². The van der Waals surface area contributed by atoms with Crippen LogP contribution < -0.4 is 0 Å². The molecule has 622 valence electrons. The first-order valence-corrected chi connectivity index (χ1v) is 45.3. The van der Waals surface area contributed by atoms with Crippen LogP contribution in [-0.4, -0.2) is 38.6 Å². The van der Waals surface area contributed by atoms with Crippen molar-refractivity contribution in [1.82, 2.24) is 38.6 Å². The number of rotatable bonds is 10. The van der Waals surface area contributed by atoms with Gasteiger partial charge in [0, 0.05) is 121 Å². The molecule has 0 saturated heterocycles. The summed E-state index contributed by atoms with van der Waals surface area (Å²) in [6.45, 7) is 0. The van der Waals surface area contributed by atoms with E-state index in [1.54, 1.807) is 0 Å². The van der Waals surface area contributed by atoms with Crippen LogP contribution in [0.1, 0.15) is 0 Å². The Bertz CT molecular complexity index is 9550. The second kappa shape index (κ2) is 29.7. The smallest absolute Gasteiger partial charge is 0.235 e. The van der Waals surface area contributed by atoms with Crippen molar-refractivity contribution in [3.8, 4) is 163 Å². The fraction of sp³-hybridized carbons (Fsp3) is 0. The maximum Gasteiger partial charge on any atom is 0.235 e. The Balaban J connectivity index is 0.000000103. The van der Waals surface area contributed by atoms with E-state index in [4.69, 9.17) is 38.2 Å². The minimum Gasteiger partial charge on any atom is -0.455 e. The first-order chi connectivity index (χ1) is 66.5. The quantitative estimate of drug-likeness (QED) is 0.133. The summed E-state index contributed by atoms with van der Waals surface area (Å²) in [5.41, 5.74) is 35.1. The molecule has 3 aliphatic rings. The standard InChI is InChI=1S/C51H30N4O.C40H23N3O.C32H19NO/c1-3-13-32(14-4-1)48-45-40-19-10-9-18-38(40)39-20-11-21-41-44(39)46-42(28-29-43(56-48)47(45)46)55(41)37-26-24-34(25-27-37)50-52-49(33-15-5-2-6-16-33)53-51(54-50)36-23-22-31-12-7-8-17-35(31)30-36;1-3-12-24(13-4-1)38-29-18-9-10-20-30(29)41-40(42-38)43-31-21-11-19-27-26-16-7-8-17-28(26)35-37-33(23-22-32(43)36(37)34(27)31)44-39(35)25-14-5-2-6-15-25;1-3-10-20(11-4-1)32-29-24-15-8-7-14-22(24)23-16-9-17-25-28(23)30-26(18-19-27(34-32)31(29)30)33(25)21-12-5-2-6-13-21/h1-30H;1-23H;1-19H. The van der Waals surface area contributed by atoms with Gasteiger partial charge in [-0.15, -0.1) is 0 Å². The van der Waals surface area contributed by atoms with Crippen molar-refractivity contribution in [2.75, 3.05) is 0 Å². The molecule has 0 unspecified atom stereocenters. The van der Waals surface area contributed by atoms with Gasteiger partial charge in [0.05, 0.1) is 44.3 Å². The Hall–Kier alpha value is -18.2. The Labute approximate surface area is 767 Å². The van der Waals surface area contributed by atoms with E-state index in [1.165, 1.54) is 115 Å². The van der Waals surface area contributed by atoms with Gasteiger partial charge in [-0.05, 0) is 164 Å². The molecule has 30 rings (SSSR count). The number of nitrogens with zero attached hydrogens (tertiary/aromatic N) is 8. The average Bonchev–Trinajstić information content (AvgIpc) is 1.54. The molecule has 8 heterocycles. The fourth-order valence-corrected chi connectivity index (χ4v) is 21.6. The molecule has 0 bridgehead atoms. The average molecular weight is 1710 g/mol. The summed E-state index contributed by atoms with van der Waals surface area (Å²) in [6, 6.07) is 153. The van der Waals surface area contributed by atoms with Crippen LogP contribution in [-0.2, 0) is 0 Å². The third kappa shape index (κ3) is 11.4. The normalized spacial score (nSPS) is 12.0. The third-order valence-corrected chi connectivity index (χ3v) is 27.3. The number of benzene rings is 19. The summed E-state index contributed by atoms with van der Waals surface area (Å²) >= 11 is 0. The number of para-hydroxylation sites is 2. The zero-order valence-corrected chi connectivity index (χ0v) is 71.9. The summed E-state index contributed by atoms with van der Waals surface area (Å²) in [5, 5.41) is 14.2. The molecular formula is C123H72N8O3. The van der Waals surface area contributed by atoms with E-state index in [0.717, 1.165) is 145 Å². The van der Waals surface area contributed by atoms with Gasteiger partial charge in [-0.25, -0.2) is 24.9 Å². The molecule has 0 spiro atoms. The predicted molar refractivity (Wildman–Crippen MR) is 547 cm³/mol. The zero-order valence-electron chi connectivity index (χ0n) is 71.9. The number of furan rings is 3. The summed E-state index contributed by atoms with van der Waals surface area (Å²) < 4.78 is 27.1. The molecule has 134 heavy (non-hydrogen) atoms. The van der Waals surface area contributed by atoms with Crippen LogP contribution in [0.15, 0.2) is 450 Å². The SMILES string of the molecule is c1ccc(-c2nc(-c3ccc(-n4c5cccc6c5c5c7c(c(-c8ccccc8)oc7ccc54)-c4ccccc4-6)cc3)nc(-c3ccc4ccccc4c3)n2)cc1.c1ccc(-c2oc3ccc4c5c3c2-c2ccccc2-c2cccc(c25)n4-c2ccccc2)cc1.c1ccc(-c2oc3ccc4c5c3c2-c2ccccc2-c2cccc(c25)n4-c2nc(-c3ccccc3)c3ccccc3n2)cc1. The lowest BCUT2D eigenvalue weighted by atomic mass is 9.93. The van der Waals surface area contributed by atoms with E-state index >= 15 is 0 Å². The monoisotopic (exact) mass is 1710 g/mol. The topological polar surface area (TPSA) is 119 Å². The molecule has 0 N–H and O–H groups in total. The van der Waals surface area contributed by atoms with Gasteiger partial charge in [0.2, 0.25) is 5.95 Å². The Morgan fingerprint density at radius 3 is 0.970 bits per heavy atom. The van der Waals surface area contributed by atoms with E-state index in [0.29, 0.717) is 23.4 Å². The Kier molecular flexibility index (Phi) is 16.6. The molecule has 8 aromatic heterocycles. The maximum atomic E-state index is 6.77. The van der Waals surface area contributed by atoms with Crippen LogP contribution in [0.4, 0.5) is 0 Å². The summed E-state index contributed by atoms with van der Waals surface area (Å²) in [4.78, 5) is 25.5. The van der Waals surface area contributed by atoms with Crippen molar-refractivity contribution in [3.05, 3.63) is 437 Å². The second-order valence-electron chi connectivity index (χ2n) is 34.6. The van der Waals surface area contributed by atoms with Gasteiger partial charge in [0.25, 0.3) is 0 Å². The molecule has 0 radical (unpaired) electrons. The minimum atomic E-state index is 0.627. The molecule has 27 aromatic rings. The molecule has 0 aliphatic heterocycles. The Morgan fingerprint density at radius 1 is 0.187 bits per heavy atom. The lowest BCUT2D eigenvalue weighted by molar-refractivity contribution is 0.632. The van der Waals surface area contributed by atoms with Crippen molar-refractivity contribution in [1.29, 1.82) is 0 Å². The zero-order chi connectivity index (χ0) is 87.7. The number of hydrogen-bond donors (Lipinski definition) is 0. The molecule has 0 amide bonds. The first-order valence-electron chi connectivity index (χ1n) is 45.3. The number of fused-ring (bicyclic) bond motifs is 11. The van der Waals surface area contributed by atoms with Gasteiger partial charge < -0.3 is 22.4 Å². The molecule has 0 atom stereocenters. The van der Waals surface area contributed by atoms with E-state index in [2.05, 4.69) is 396 Å². The largest absolute Gasteiger partial charge is 0.455 e. The van der Waals surface area contributed by atoms with Crippen LogP contribution in [0.25, 0.3) is 283 Å². The van der Waals surface area contributed by atoms with Gasteiger partial charge in [-0.3, -0.25) is 4.57 Å². The van der Waals surface area contributed by atoms with Crippen molar-refractivity contribution in [3.63, 3.8) is 0 Å². The molecule has 11 nitrogen and oxygen atoms in total. The molecule has 0 saturated carbocycles. The van der Waals surface area contributed by atoms with Crippen molar-refractivity contribution >= 4 is 120 Å². The van der Waals surface area contributed by atoms with Gasteiger partial charge in [0.15, 0.2) is 17.5 Å². The molecule has 11 heteroatoms. The maximum absolute atomic E-state index is 6.77. The van der Waals surface area contributed by atoms with E-state index in [-0.39, 0.29) is 0 Å². The Morgan fingerprint density at radius 2 is 0.515 bits per heavy atom. The van der Waals surface area contributed by atoms with Gasteiger partial charge in [-0.1, -0.05) is 334 Å². The highest BCUT2D eigenvalue weighted by Crippen LogP contribution is 2.58. The van der Waals surface area contributed by atoms with Gasteiger partial charge in [-0.2, -0.15) is 0 Å². The number of aromatic nitrogens is 8. The third-order valence-electron chi connectivity index (χ3n) is 27.3. The number of hydrogen-bond acceptors (Lipinski definition) is 8. The second-order valence-corrected chi connectivity index (χ2v) is 34.6. The first kappa shape index (κ1) is 74.8. The summed E-state index contributed by atoms with van der Waals surface area (Å²) in [7, 11) is 0. The lowest BCUT2D eigenvalue weighted by Gasteiger charge is -2.13. The predicted octanol–water partition coefficient (Wildman–Crippen LogP) is 32.5. The molecule has 19 aromatic carbocycles. The van der Waals surface area contributed by atoms with E-state index in [9.17, 15) is 0 Å². The summed E-state index contributed by atoms with van der Waals surface area (Å²) in [5.74, 6) is 5.29. The molecule has 3 aliphatic carbocycles. The van der Waals surface area contributed by atoms with Gasteiger partial charge in [0.1, 0.15) is 34.0 Å². The molecular weight excluding hydrogens is 1640 g/mol. The van der Waals surface area contributed by atoms with Crippen LogP contribution in [0.5, 0.6) is 0 Å². The summed E-state index contributed by atoms with van der Waals surface area (Å²) in [6.07, 6.45) is 0. The van der Waals surface area contributed by atoms with Crippen LogP contribution >= 0.6 is 0 Å². The van der Waals surface area contributed by atoms with Gasteiger partial charge >= 0.3 is 0 Å². The highest BCUT2D eigenvalue weighted by Gasteiger charge is 2.35.